The van der Waals surface area contributed by atoms with Gasteiger partial charge in [-0.1, -0.05) is 27.5 Å². The normalized spacial score (nSPS) is 10.5. The number of nitrogens with one attached hydrogen (secondary N) is 1. The number of carbonyl (C=O) groups is 1. The van der Waals surface area contributed by atoms with Crippen LogP contribution >= 0.6 is 27.5 Å². The maximum atomic E-state index is 12.4. The molecular formula is C18H13BrClN5O6. The summed E-state index contributed by atoms with van der Waals surface area (Å²) in [6.07, 6.45) is 1.49. The number of nitrogens with zero attached hydrogens (tertiary/aromatic N) is 4. The Morgan fingerprint density at radius 3 is 2.42 bits per heavy atom. The largest absolute Gasteiger partial charge is 0.470 e. The molecule has 3 rings (SSSR count). The number of halogens is 2. The van der Waals surface area contributed by atoms with Gasteiger partial charge in [0, 0.05) is 22.8 Å². The molecule has 0 aliphatic rings. The molecule has 1 heterocycles. The molecule has 0 bridgehead atoms. The van der Waals surface area contributed by atoms with Gasteiger partial charge in [0.2, 0.25) is 0 Å². The standard InChI is InChI=1S/C18H13BrClN5O6/c1-10-15(24(27)28)7-12(8-16(10)25(29)30)21-18(26)14-4-5-23(22-14)9-31-17-3-2-11(19)6-13(17)20/h2-8H,9H2,1H3,(H,21,26). The summed E-state index contributed by atoms with van der Waals surface area (Å²) < 4.78 is 7.68. The predicted octanol–water partition coefficient (Wildman–Crippen LogP) is 4.71. The van der Waals surface area contributed by atoms with E-state index in [2.05, 4.69) is 26.3 Å². The highest BCUT2D eigenvalue weighted by atomic mass is 79.9. The van der Waals surface area contributed by atoms with E-state index >= 15 is 0 Å². The molecule has 0 spiro atoms. The van der Waals surface area contributed by atoms with Gasteiger partial charge in [-0.15, -0.1) is 0 Å². The third-order valence-electron chi connectivity index (χ3n) is 4.12. The van der Waals surface area contributed by atoms with Crippen LogP contribution in [-0.2, 0) is 6.73 Å². The van der Waals surface area contributed by atoms with Crippen molar-refractivity contribution >= 4 is 50.5 Å². The Balaban J connectivity index is 1.74. The van der Waals surface area contributed by atoms with Gasteiger partial charge in [-0.2, -0.15) is 5.10 Å². The van der Waals surface area contributed by atoms with Gasteiger partial charge in [-0.3, -0.25) is 25.0 Å². The van der Waals surface area contributed by atoms with E-state index in [4.69, 9.17) is 16.3 Å². The lowest BCUT2D eigenvalue weighted by atomic mass is 10.1. The number of carbonyl (C=O) groups excluding carboxylic acids is 1. The first-order chi connectivity index (χ1) is 14.7. The molecule has 0 fully saturated rings. The van der Waals surface area contributed by atoms with Crippen molar-refractivity contribution in [1.29, 1.82) is 0 Å². The first kappa shape index (κ1) is 22.2. The lowest BCUT2D eigenvalue weighted by molar-refractivity contribution is -0.395. The minimum absolute atomic E-state index is 0.0172. The van der Waals surface area contributed by atoms with Crippen LogP contribution in [0.2, 0.25) is 5.02 Å². The minimum atomic E-state index is -0.753. The summed E-state index contributed by atoms with van der Waals surface area (Å²) in [7, 11) is 0. The minimum Gasteiger partial charge on any atom is -0.470 e. The van der Waals surface area contributed by atoms with Crippen LogP contribution in [0.15, 0.2) is 47.1 Å². The lowest BCUT2D eigenvalue weighted by Crippen LogP contribution is -2.15. The molecule has 160 valence electrons. The summed E-state index contributed by atoms with van der Waals surface area (Å²) in [4.78, 5) is 33.3. The van der Waals surface area contributed by atoms with E-state index in [9.17, 15) is 25.0 Å². The van der Waals surface area contributed by atoms with Crippen molar-refractivity contribution in [2.24, 2.45) is 0 Å². The van der Waals surface area contributed by atoms with Crippen LogP contribution < -0.4 is 10.1 Å². The number of amides is 1. The Labute approximate surface area is 188 Å². The third kappa shape index (κ3) is 5.16. The van der Waals surface area contributed by atoms with E-state index in [-0.39, 0.29) is 23.7 Å². The van der Waals surface area contributed by atoms with Gasteiger partial charge in [0.25, 0.3) is 17.3 Å². The molecule has 0 atom stereocenters. The molecule has 11 nitrogen and oxygen atoms in total. The average Bonchev–Trinajstić information content (AvgIpc) is 3.17. The maximum Gasteiger partial charge on any atom is 0.281 e. The number of hydrogen-bond donors (Lipinski definition) is 1. The monoisotopic (exact) mass is 509 g/mol. The summed E-state index contributed by atoms with van der Waals surface area (Å²) in [5.74, 6) is -0.279. The number of aromatic nitrogens is 2. The highest BCUT2D eigenvalue weighted by Crippen LogP contribution is 2.32. The number of benzene rings is 2. The molecule has 0 radical (unpaired) electrons. The van der Waals surface area contributed by atoms with Crippen molar-refractivity contribution in [2.45, 2.75) is 13.7 Å². The van der Waals surface area contributed by atoms with Gasteiger partial charge in [0.05, 0.1) is 20.6 Å². The van der Waals surface area contributed by atoms with Crippen LogP contribution in [0.1, 0.15) is 16.1 Å². The van der Waals surface area contributed by atoms with E-state index in [0.717, 1.165) is 16.6 Å². The van der Waals surface area contributed by atoms with Crippen molar-refractivity contribution < 1.29 is 19.4 Å². The fourth-order valence-corrected chi connectivity index (χ4v) is 3.34. The number of anilines is 1. The molecular weight excluding hydrogens is 498 g/mol. The van der Waals surface area contributed by atoms with Gasteiger partial charge < -0.3 is 10.1 Å². The van der Waals surface area contributed by atoms with Crippen LogP contribution in [0.25, 0.3) is 0 Å². The van der Waals surface area contributed by atoms with E-state index in [1.54, 1.807) is 18.2 Å². The Kier molecular flexibility index (Phi) is 6.51. The lowest BCUT2D eigenvalue weighted by Gasteiger charge is -2.08. The molecule has 1 N–H and O–H groups in total. The summed E-state index contributed by atoms with van der Waals surface area (Å²) in [5.41, 5.74) is -1.18. The molecule has 1 amide bonds. The maximum absolute atomic E-state index is 12.4. The fourth-order valence-electron chi connectivity index (χ4n) is 2.61. The first-order valence-electron chi connectivity index (χ1n) is 8.52. The Hall–Kier alpha value is -3.51. The van der Waals surface area contributed by atoms with Crippen molar-refractivity contribution in [3.8, 4) is 5.75 Å². The van der Waals surface area contributed by atoms with Crippen LogP contribution in [0.5, 0.6) is 5.75 Å². The van der Waals surface area contributed by atoms with Crippen LogP contribution in [0.4, 0.5) is 17.1 Å². The molecule has 3 aromatic rings. The fraction of sp³-hybridized carbons (Fsp3) is 0.111. The van der Waals surface area contributed by atoms with E-state index < -0.39 is 27.1 Å². The highest BCUT2D eigenvalue weighted by Gasteiger charge is 2.24. The molecule has 0 aliphatic heterocycles. The quantitative estimate of drug-likeness (QED) is 0.358. The number of nitro benzene ring substituents is 2. The average molecular weight is 511 g/mol. The van der Waals surface area contributed by atoms with E-state index in [0.29, 0.717) is 10.8 Å². The van der Waals surface area contributed by atoms with Gasteiger partial charge >= 0.3 is 0 Å². The third-order valence-corrected chi connectivity index (χ3v) is 4.91. The number of rotatable bonds is 7. The van der Waals surface area contributed by atoms with Crippen molar-refractivity contribution in [1.82, 2.24) is 9.78 Å². The zero-order chi connectivity index (χ0) is 22.7. The van der Waals surface area contributed by atoms with Gasteiger partial charge in [0.15, 0.2) is 12.4 Å². The highest BCUT2D eigenvalue weighted by molar-refractivity contribution is 9.10. The van der Waals surface area contributed by atoms with Gasteiger partial charge in [-0.25, -0.2) is 4.68 Å². The molecule has 0 saturated heterocycles. The predicted molar refractivity (Wildman–Crippen MR) is 114 cm³/mol. The van der Waals surface area contributed by atoms with Crippen LogP contribution in [-0.4, -0.2) is 25.5 Å². The van der Waals surface area contributed by atoms with Crippen LogP contribution in [0, 0.1) is 27.2 Å². The number of nitro groups is 2. The molecule has 13 heteroatoms. The van der Waals surface area contributed by atoms with Crippen molar-refractivity contribution in [2.75, 3.05) is 5.32 Å². The van der Waals surface area contributed by atoms with E-state index in [1.807, 2.05) is 0 Å². The van der Waals surface area contributed by atoms with Crippen LogP contribution in [0.3, 0.4) is 0 Å². The van der Waals surface area contributed by atoms with Crippen molar-refractivity contribution in [3.05, 3.63) is 83.6 Å². The summed E-state index contributed by atoms with van der Waals surface area (Å²) in [6, 6.07) is 8.59. The summed E-state index contributed by atoms with van der Waals surface area (Å²) in [6.45, 7) is 1.23. The zero-order valence-electron chi connectivity index (χ0n) is 15.7. The zero-order valence-corrected chi connectivity index (χ0v) is 18.1. The molecule has 0 unspecified atom stereocenters. The molecule has 2 aromatic carbocycles. The number of hydrogen-bond acceptors (Lipinski definition) is 7. The second kappa shape index (κ2) is 9.10. The smallest absolute Gasteiger partial charge is 0.281 e. The second-order valence-corrected chi connectivity index (χ2v) is 7.52. The SMILES string of the molecule is Cc1c([N+](=O)[O-])cc(NC(=O)c2ccn(COc3ccc(Br)cc3Cl)n2)cc1[N+](=O)[O-]. The molecule has 0 aliphatic carbocycles. The molecule has 0 saturated carbocycles. The number of ether oxygens (including phenoxy) is 1. The first-order valence-corrected chi connectivity index (χ1v) is 9.69. The topological polar surface area (TPSA) is 142 Å². The molecule has 1 aromatic heterocycles. The Morgan fingerprint density at radius 2 is 1.84 bits per heavy atom. The van der Waals surface area contributed by atoms with Gasteiger partial charge in [-0.05, 0) is 31.2 Å². The van der Waals surface area contributed by atoms with Crippen molar-refractivity contribution in [3.63, 3.8) is 0 Å². The van der Waals surface area contributed by atoms with E-state index in [1.165, 1.54) is 23.9 Å². The molecule has 31 heavy (non-hydrogen) atoms. The Bertz CT molecular complexity index is 1160. The Morgan fingerprint density at radius 1 is 1.19 bits per heavy atom. The summed E-state index contributed by atoms with van der Waals surface area (Å²) >= 11 is 9.37. The van der Waals surface area contributed by atoms with Gasteiger partial charge in [0.1, 0.15) is 11.3 Å². The summed E-state index contributed by atoms with van der Waals surface area (Å²) in [5, 5.41) is 29.2. The second-order valence-electron chi connectivity index (χ2n) is 6.20.